The van der Waals surface area contributed by atoms with E-state index < -0.39 is 23.2 Å². The minimum Gasteiger partial charge on any atom is -0.394 e. The van der Waals surface area contributed by atoms with Crippen LogP contribution in [0.1, 0.15) is 11.3 Å². The number of nitrogen functional groups attached to an aromatic ring is 1. The normalized spacial score (nSPS) is 11.5. The number of alkyl halides is 3. The summed E-state index contributed by atoms with van der Waals surface area (Å²) < 4.78 is 51.5. The lowest BCUT2D eigenvalue weighted by Gasteiger charge is -2.13. The zero-order chi connectivity index (χ0) is 15.8. The van der Waals surface area contributed by atoms with Gasteiger partial charge in [0.1, 0.15) is 5.82 Å². The zero-order valence-electron chi connectivity index (χ0n) is 10.6. The molecule has 0 amide bonds. The first-order chi connectivity index (χ1) is 9.68. The highest BCUT2D eigenvalue weighted by Crippen LogP contribution is 2.33. The van der Waals surface area contributed by atoms with Crippen molar-refractivity contribution in [1.82, 2.24) is 9.97 Å². The van der Waals surface area contributed by atoms with Gasteiger partial charge in [0.15, 0.2) is 5.82 Å². The summed E-state index contributed by atoms with van der Waals surface area (Å²) in [6.07, 6.45) is -4.59. The summed E-state index contributed by atoms with van der Waals surface area (Å²) in [7, 11) is 0. The van der Waals surface area contributed by atoms with E-state index in [-0.39, 0.29) is 16.8 Å². The number of hydrogen-bond donors (Lipinski definition) is 2. The molecule has 21 heavy (non-hydrogen) atoms. The molecule has 1 aromatic carbocycles. The predicted molar refractivity (Wildman–Crippen MR) is 70.9 cm³/mol. The maximum absolute atomic E-state index is 13.6. The van der Waals surface area contributed by atoms with Crippen LogP contribution in [-0.4, -0.2) is 9.97 Å². The highest BCUT2D eigenvalue weighted by atomic mass is 35.5. The summed E-state index contributed by atoms with van der Waals surface area (Å²) in [4.78, 5) is 7.50. The fourth-order valence-corrected chi connectivity index (χ4v) is 1.78. The van der Waals surface area contributed by atoms with Crippen LogP contribution in [0.2, 0.25) is 5.28 Å². The lowest BCUT2D eigenvalue weighted by molar-refractivity contribution is -0.137. The molecule has 1 aromatic heterocycles. The molecule has 0 spiro atoms. The summed E-state index contributed by atoms with van der Waals surface area (Å²) in [5.41, 5.74) is 4.66. The smallest absolute Gasteiger partial charge is 0.394 e. The molecule has 112 valence electrons. The second-order valence-electron chi connectivity index (χ2n) is 4.16. The number of halogens is 5. The molecule has 0 aliphatic heterocycles. The van der Waals surface area contributed by atoms with Crippen molar-refractivity contribution in [3.8, 4) is 0 Å². The molecule has 0 fully saturated rings. The van der Waals surface area contributed by atoms with E-state index >= 15 is 0 Å². The molecule has 2 aromatic rings. The fraction of sp³-hybridized carbons (Fsp3) is 0.167. The highest BCUT2D eigenvalue weighted by Gasteiger charge is 2.31. The molecule has 0 atom stereocenters. The lowest BCUT2D eigenvalue weighted by Crippen LogP contribution is -2.08. The second-order valence-corrected chi connectivity index (χ2v) is 4.50. The van der Waals surface area contributed by atoms with Crippen LogP contribution in [0.4, 0.5) is 34.8 Å². The largest absolute Gasteiger partial charge is 0.416 e. The number of aromatic nitrogens is 2. The zero-order valence-corrected chi connectivity index (χ0v) is 11.3. The van der Waals surface area contributed by atoms with Crippen molar-refractivity contribution < 1.29 is 17.6 Å². The van der Waals surface area contributed by atoms with E-state index in [1.807, 2.05) is 0 Å². The molecule has 0 saturated carbocycles. The van der Waals surface area contributed by atoms with Crippen molar-refractivity contribution in [2.45, 2.75) is 13.1 Å². The van der Waals surface area contributed by atoms with Crippen LogP contribution < -0.4 is 11.1 Å². The van der Waals surface area contributed by atoms with Crippen molar-refractivity contribution in [2.75, 3.05) is 11.1 Å². The van der Waals surface area contributed by atoms with Gasteiger partial charge < -0.3 is 11.1 Å². The van der Waals surface area contributed by atoms with E-state index in [1.54, 1.807) is 0 Å². The molecular weight excluding hydrogens is 312 g/mol. The Morgan fingerprint density at radius 1 is 1.24 bits per heavy atom. The van der Waals surface area contributed by atoms with Crippen LogP contribution in [0.3, 0.4) is 0 Å². The number of nitrogens with two attached hydrogens (primary N) is 1. The minimum absolute atomic E-state index is 0.0641. The van der Waals surface area contributed by atoms with Gasteiger partial charge in [0, 0.05) is 0 Å². The van der Waals surface area contributed by atoms with Crippen LogP contribution in [-0.2, 0) is 6.18 Å². The third-order valence-corrected chi connectivity index (χ3v) is 2.82. The van der Waals surface area contributed by atoms with Crippen LogP contribution in [0.15, 0.2) is 18.2 Å². The average molecular weight is 321 g/mol. The molecule has 0 bridgehead atoms. The molecule has 0 saturated heterocycles. The van der Waals surface area contributed by atoms with Crippen molar-refractivity contribution in [3.63, 3.8) is 0 Å². The van der Waals surface area contributed by atoms with Gasteiger partial charge in [-0.2, -0.15) is 18.2 Å². The van der Waals surface area contributed by atoms with Gasteiger partial charge in [-0.3, -0.25) is 0 Å². The predicted octanol–water partition coefficient (Wildman–Crippen LogP) is 3.92. The Hall–Kier alpha value is -2.09. The fourth-order valence-electron chi connectivity index (χ4n) is 1.57. The molecule has 0 unspecified atom stereocenters. The van der Waals surface area contributed by atoms with Crippen molar-refractivity contribution in [3.05, 3.63) is 40.6 Å². The maximum Gasteiger partial charge on any atom is 0.416 e. The SMILES string of the molecule is Cc1nc(Cl)nc(Nc2cc(C(F)(F)F)ccc2F)c1N. The molecule has 9 heteroatoms. The first-order valence-corrected chi connectivity index (χ1v) is 5.99. The molecular formula is C12H9ClF4N4. The van der Waals surface area contributed by atoms with E-state index in [0.717, 1.165) is 0 Å². The second kappa shape index (κ2) is 5.36. The lowest BCUT2D eigenvalue weighted by atomic mass is 10.2. The Morgan fingerprint density at radius 2 is 1.90 bits per heavy atom. The number of benzene rings is 1. The first kappa shape index (κ1) is 15.3. The van der Waals surface area contributed by atoms with Crippen molar-refractivity contribution in [2.24, 2.45) is 0 Å². The summed E-state index contributed by atoms with van der Waals surface area (Å²) in [5, 5.41) is 2.24. The van der Waals surface area contributed by atoms with E-state index in [1.165, 1.54) is 6.92 Å². The Bertz CT molecular complexity index is 688. The van der Waals surface area contributed by atoms with Gasteiger partial charge in [-0.25, -0.2) is 9.37 Å². The minimum atomic E-state index is -4.59. The number of nitrogens with zero attached hydrogens (tertiary/aromatic N) is 2. The Labute approximate surface area is 122 Å². The van der Waals surface area contributed by atoms with Crippen LogP contribution in [0, 0.1) is 12.7 Å². The Morgan fingerprint density at radius 3 is 2.52 bits per heavy atom. The molecule has 3 N–H and O–H groups in total. The van der Waals surface area contributed by atoms with E-state index in [0.29, 0.717) is 23.9 Å². The van der Waals surface area contributed by atoms with Gasteiger partial charge in [-0.1, -0.05) is 0 Å². The molecule has 0 aliphatic rings. The van der Waals surface area contributed by atoms with Crippen molar-refractivity contribution in [1.29, 1.82) is 0 Å². The van der Waals surface area contributed by atoms with Gasteiger partial charge in [-0.15, -0.1) is 0 Å². The highest BCUT2D eigenvalue weighted by molar-refractivity contribution is 6.28. The Balaban J connectivity index is 2.45. The molecule has 4 nitrogen and oxygen atoms in total. The topological polar surface area (TPSA) is 63.8 Å². The number of aryl methyl sites for hydroxylation is 1. The van der Waals surface area contributed by atoms with Crippen molar-refractivity contribution >= 4 is 28.8 Å². The third kappa shape index (κ3) is 3.33. The maximum atomic E-state index is 13.6. The van der Waals surface area contributed by atoms with Crippen LogP contribution in [0.5, 0.6) is 0 Å². The average Bonchev–Trinajstić information content (AvgIpc) is 2.36. The summed E-state index contributed by atoms with van der Waals surface area (Å²) in [5.74, 6) is -0.944. The van der Waals surface area contributed by atoms with Crippen LogP contribution >= 0.6 is 11.6 Å². The number of anilines is 3. The van der Waals surface area contributed by atoms with Crippen LogP contribution in [0.25, 0.3) is 0 Å². The number of hydrogen-bond acceptors (Lipinski definition) is 4. The quantitative estimate of drug-likeness (QED) is 0.650. The van der Waals surface area contributed by atoms with E-state index in [4.69, 9.17) is 17.3 Å². The molecule has 0 aliphatic carbocycles. The molecule has 1 heterocycles. The monoisotopic (exact) mass is 320 g/mol. The van der Waals surface area contributed by atoms with Gasteiger partial charge >= 0.3 is 6.18 Å². The molecule has 2 rings (SSSR count). The molecule has 0 radical (unpaired) electrons. The summed E-state index contributed by atoms with van der Waals surface area (Å²) in [6, 6.07) is 1.97. The third-order valence-electron chi connectivity index (χ3n) is 2.66. The van der Waals surface area contributed by atoms with E-state index in [2.05, 4.69) is 15.3 Å². The number of nitrogens with one attached hydrogen (secondary N) is 1. The summed E-state index contributed by atoms with van der Waals surface area (Å²) >= 11 is 5.64. The summed E-state index contributed by atoms with van der Waals surface area (Å²) in [6.45, 7) is 1.54. The Kier molecular flexibility index (Phi) is 3.91. The van der Waals surface area contributed by atoms with Gasteiger partial charge in [0.2, 0.25) is 5.28 Å². The standard InChI is InChI=1S/C12H9ClF4N4/c1-5-9(18)10(21-11(13)19-5)20-8-4-6(12(15,16)17)2-3-7(8)14/h2-4H,18H2,1H3,(H,19,20,21). The number of rotatable bonds is 2. The first-order valence-electron chi connectivity index (χ1n) is 5.62. The van der Waals surface area contributed by atoms with Gasteiger partial charge in [-0.05, 0) is 36.7 Å². The van der Waals surface area contributed by atoms with Gasteiger partial charge in [0.25, 0.3) is 0 Å². The van der Waals surface area contributed by atoms with E-state index in [9.17, 15) is 17.6 Å². The van der Waals surface area contributed by atoms with Gasteiger partial charge in [0.05, 0.1) is 22.6 Å².